The monoisotopic (exact) mass is 283 g/mol. The van der Waals surface area contributed by atoms with Gasteiger partial charge >= 0.3 is 6.03 Å². The quantitative estimate of drug-likeness (QED) is 0.693. The number of hydrogen-bond acceptors (Lipinski definition) is 3. The van der Waals surface area contributed by atoms with Crippen molar-refractivity contribution in [3.63, 3.8) is 0 Å². The molecule has 2 N–H and O–H groups in total. The Balaban J connectivity index is 2.76. The molecule has 1 aliphatic rings. The lowest BCUT2D eigenvalue weighted by Crippen LogP contribution is -2.52. The SMILES string of the molecule is CCCC(C)NC(=O)CN1C(=O)NC(=O)C1(CC)CC. The Morgan fingerprint density at radius 2 is 1.90 bits per heavy atom. The maximum atomic E-state index is 12.0. The summed E-state index contributed by atoms with van der Waals surface area (Å²) in [5.41, 5.74) is -0.886. The zero-order valence-electron chi connectivity index (χ0n) is 12.8. The van der Waals surface area contributed by atoms with Gasteiger partial charge in [0.05, 0.1) is 0 Å². The third kappa shape index (κ3) is 3.11. The van der Waals surface area contributed by atoms with Crippen LogP contribution in [0.25, 0.3) is 0 Å². The van der Waals surface area contributed by atoms with E-state index in [1.54, 1.807) is 0 Å². The standard InChI is InChI=1S/C14H25N3O3/c1-5-8-10(4)15-11(18)9-17-13(20)16-12(19)14(17,6-2)7-3/h10H,5-9H2,1-4H3,(H,15,18)(H,16,19,20). The zero-order valence-corrected chi connectivity index (χ0v) is 12.8. The molecule has 1 atom stereocenters. The molecule has 20 heavy (non-hydrogen) atoms. The summed E-state index contributed by atoms with van der Waals surface area (Å²) in [7, 11) is 0. The number of amides is 4. The van der Waals surface area contributed by atoms with Gasteiger partial charge in [0.2, 0.25) is 5.91 Å². The summed E-state index contributed by atoms with van der Waals surface area (Å²) in [5, 5.41) is 5.17. The fourth-order valence-electron chi connectivity index (χ4n) is 2.74. The minimum atomic E-state index is -0.886. The van der Waals surface area contributed by atoms with Crippen molar-refractivity contribution in [3.05, 3.63) is 0 Å². The maximum absolute atomic E-state index is 12.0. The van der Waals surface area contributed by atoms with Crippen molar-refractivity contribution < 1.29 is 14.4 Å². The number of nitrogens with zero attached hydrogens (tertiary/aromatic N) is 1. The molecule has 1 unspecified atom stereocenters. The molecule has 4 amide bonds. The molecule has 6 nitrogen and oxygen atoms in total. The number of urea groups is 1. The number of carbonyl (C=O) groups is 3. The topological polar surface area (TPSA) is 78.5 Å². The summed E-state index contributed by atoms with van der Waals surface area (Å²) in [6.07, 6.45) is 2.87. The van der Waals surface area contributed by atoms with Gasteiger partial charge in [0.15, 0.2) is 0 Å². The largest absolute Gasteiger partial charge is 0.352 e. The van der Waals surface area contributed by atoms with Crippen LogP contribution < -0.4 is 10.6 Å². The molecular weight excluding hydrogens is 258 g/mol. The van der Waals surface area contributed by atoms with E-state index in [2.05, 4.69) is 17.6 Å². The predicted molar refractivity (Wildman–Crippen MR) is 76.1 cm³/mol. The Morgan fingerprint density at radius 3 is 2.40 bits per heavy atom. The highest BCUT2D eigenvalue weighted by molar-refractivity contribution is 6.08. The van der Waals surface area contributed by atoms with Crippen molar-refractivity contribution in [3.8, 4) is 0 Å². The van der Waals surface area contributed by atoms with Crippen LogP contribution in [0.2, 0.25) is 0 Å². The lowest BCUT2D eigenvalue weighted by molar-refractivity contribution is -0.129. The molecule has 1 rings (SSSR count). The average molecular weight is 283 g/mol. The van der Waals surface area contributed by atoms with E-state index in [1.807, 2.05) is 20.8 Å². The normalized spacial score (nSPS) is 18.9. The van der Waals surface area contributed by atoms with Crippen LogP contribution in [0.5, 0.6) is 0 Å². The molecule has 1 heterocycles. The molecule has 6 heteroatoms. The molecule has 0 aromatic carbocycles. The molecule has 0 aromatic rings. The Bertz CT molecular complexity index is 391. The van der Waals surface area contributed by atoms with Crippen molar-refractivity contribution in [1.29, 1.82) is 0 Å². The molecule has 0 spiro atoms. The summed E-state index contributed by atoms with van der Waals surface area (Å²) in [4.78, 5) is 37.2. The fraction of sp³-hybridized carbons (Fsp3) is 0.786. The highest BCUT2D eigenvalue weighted by atomic mass is 16.2. The minimum Gasteiger partial charge on any atom is -0.352 e. The van der Waals surface area contributed by atoms with E-state index in [4.69, 9.17) is 0 Å². The van der Waals surface area contributed by atoms with E-state index in [-0.39, 0.29) is 24.4 Å². The van der Waals surface area contributed by atoms with E-state index >= 15 is 0 Å². The van der Waals surface area contributed by atoms with Crippen LogP contribution in [-0.4, -0.2) is 40.9 Å². The molecule has 114 valence electrons. The number of rotatable bonds is 7. The van der Waals surface area contributed by atoms with Crippen LogP contribution in [0.1, 0.15) is 53.4 Å². The van der Waals surface area contributed by atoms with E-state index in [0.29, 0.717) is 12.8 Å². The lowest BCUT2D eigenvalue weighted by Gasteiger charge is -2.33. The average Bonchev–Trinajstić information content (AvgIpc) is 2.61. The van der Waals surface area contributed by atoms with Gasteiger partial charge in [-0.15, -0.1) is 0 Å². The molecule has 0 radical (unpaired) electrons. The number of imide groups is 1. The number of hydrogen-bond donors (Lipinski definition) is 2. The summed E-state index contributed by atoms with van der Waals surface area (Å²) in [6.45, 7) is 7.61. The van der Waals surface area contributed by atoms with E-state index in [9.17, 15) is 14.4 Å². The molecule has 0 aromatic heterocycles. The van der Waals surface area contributed by atoms with Crippen molar-refractivity contribution in [2.24, 2.45) is 0 Å². The van der Waals surface area contributed by atoms with Crippen LogP contribution in [0.3, 0.4) is 0 Å². The molecule has 0 saturated carbocycles. The lowest BCUT2D eigenvalue weighted by atomic mass is 9.91. The van der Waals surface area contributed by atoms with Crippen LogP contribution in [-0.2, 0) is 9.59 Å². The van der Waals surface area contributed by atoms with Crippen molar-refractivity contribution in [2.75, 3.05) is 6.54 Å². The summed E-state index contributed by atoms with van der Waals surface area (Å²) in [6, 6.07) is -0.400. The van der Waals surface area contributed by atoms with E-state index in [1.165, 1.54) is 4.90 Å². The predicted octanol–water partition coefficient (Wildman–Crippen LogP) is 1.40. The molecule has 1 saturated heterocycles. The van der Waals surface area contributed by atoms with E-state index in [0.717, 1.165) is 12.8 Å². The van der Waals surface area contributed by atoms with Gasteiger partial charge in [-0.3, -0.25) is 14.9 Å². The van der Waals surface area contributed by atoms with Gasteiger partial charge in [0, 0.05) is 6.04 Å². The second-order valence-corrected chi connectivity index (χ2v) is 5.34. The summed E-state index contributed by atoms with van der Waals surface area (Å²) < 4.78 is 0. The Hall–Kier alpha value is -1.59. The fourth-order valence-corrected chi connectivity index (χ4v) is 2.74. The Labute approximate surface area is 120 Å². The highest BCUT2D eigenvalue weighted by Gasteiger charge is 2.50. The Morgan fingerprint density at radius 1 is 1.30 bits per heavy atom. The van der Waals surface area contributed by atoms with Crippen LogP contribution in [0.15, 0.2) is 0 Å². The first-order chi connectivity index (χ1) is 9.41. The molecule has 1 fully saturated rings. The molecule has 0 aliphatic carbocycles. The third-order valence-electron chi connectivity index (χ3n) is 4.01. The first kappa shape index (κ1) is 16.5. The zero-order chi connectivity index (χ0) is 15.3. The summed E-state index contributed by atoms with van der Waals surface area (Å²) in [5.74, 6) is -0.524. The van der Waals surface area contributed by atoms with Crippen molar-refractivity contribution >= 4 is 17.8 Å². The van der Waals surface area contributed by atoms with Crippen molar-refractivity contribution in [2.45, 2.75) is 65.0 Å². The van der Waals surface area contributed by atoms with Crippen molar-refractivity contribution in [1.82, 2.24) is 15.5 Å². The van der Waals surface area contributed by atoms with Crippen LogP contribution in [0.4, 0.5) is 4.79 Å². The second-order valence-electron chi connectivity index (χ2n) is 5.34. The molecule has 0 bridgehead atoms. The van der Waals surface area contributed by atoms with Gasteiger partial charge < -0.3 is 10.2 Å². The van der Waals surface area contributed by atoms with Gasteiger partial charge in [-0.05, 0) is 26.2 Å². The van der Waals surface area contributed by atoms with Gasteiger partial charge in [0.25, 0.3) is 5.91 Å². The molecule has 1 aliphatic heterocycles. The minimum absolute atomic E-state index is 0.0755. The van der Waals surface area contributed by atoms with Gasteiger partial charge in [0.1, 0.15) is 12.1 Å². The Kier molecular flexibility index (Phi) is 5.53. The van der Waals surface area contributed by atoms with Gasteiger partial charge in [-0.2, -0.15) is 0 Å². The first-order valence-corrected chi connectivity index (χ1v) is 7.33. The molecular formula is C14H25N3O3. The van der Waals surface area contributed by atoms with E-state index < -0.39 is 11.6 Å². The van der Waals surface area contributed by atoms with Gasteiger partial charge in [-0.25, -0.2) is 4.79 Å². The third-order valence-corrected chi connectivity index (χ3v) is 4.01. The summed E-state index contributed by atoms with van der Waals surface area (Å²) >= 11 is 0. The number of carbonyl (C=O) groups excluding carboxylic acids is 3. The second kappa shape index (κ2) is 6.72. The number of nitrogens with one attached hydrogen (secondary N) is 2. The van der Waals surface area contributed by atoms with Crippen LogP contribution >= 0.6 is 0 Å². The first-order valence-electron chi connectivity index (χ1n) is 7.33. The van der Waals surface area contributed by atoms with Crippen LogP contribution in [0, 0.1) is 0 Å². The maximum Gasteiger partial charge on any atom is 0.325 e. The van der Waals surface area contributed by atoms with Gasteiger partial charge in [-0.1, -0.05) is 27.2 Å². The highest BCUT2D eigenvalue weighted by Crippen LogP contribution is 2.28. The smallest absolute Gasteiger partial charge is 0.325 e.